The third kappa shape index (κ3) is 3.36. The second kappa shape index (κ2) is 8.64. The molecule has 1 heterocycles. The fraction of sp³-hybridized carbons (Fsp3) is 0.222. The van der Waals surface area contributed by atoms with Gasteiger partial charge < -0.3 is 0 Å². The molecule has 0 aromatic heterocycles. The molecule has 0 nitrogen and oxygen atoms in total. The van der Waals surface area contributed by atoms with E-state index in [1.165, 1.54) is 22.3 Å². The Kier molecular flexibility index (Phi) is 5.46. The van der Waals surface area contributed by atoms with Crippen molar-refractivity contribution in [1.29, 1.82) is 0 Å². The Morgan fingerprint density at radius 1 is 0.514 bits per heavy atom. The Balaban J connectivity index is 1.46. The number of hydrogen-bond donors (Lipinski definition) is 0. The molecular weight excluding hydrogens is 524 g/mol. The molecule has 182 valence electrons. The van der Waals surface area contributed by atoms with Gasteiger partial charge in [0.05, 0.1) is 0 Å². The molecule has 4 aromatic rings. The SMILES string of the molecule is CC1=C2CCC3=C(C)[CH](c4cccc(-c5ccccc5)c43)[Zr]([CH3])([CH3])[CH]1c1cccc(-c3ccccc3)c12. The van der Waals surface area contributed by atoms with Crippen molar-refractivity contribution in [3.63, 3.8) is 0 Å². The second-order valence-electron chi connectivity index (χ2n) is 11.8. The summed E-state index contributed by atoms with van der Waals surface area (Å²) in [6.07, 6.45) is 2.26. The second-order valence-corrected chi connectivity index (χ2v) is 23.6. The van der Waals surface area contributed by atoms with Crippen LogP contribution in [0.25, 0.3) is 33.4 Å². The van der Waals surface area contributed by atoms with Gasteiger partial charge in [0, 0.05) is 0 Å². The molecule has 0 fully saturated rings. The summed E-state index contributed by atoms with van der Waals surface area (Å²) in [5.41, 5.74) is 18.6. The molecule has 4 aromatic carbocycles. The van der Waals surface area contributed by atoms with Gasteiger partial charge in [-0.1, -0.05) is 0 Å². The first-order valence-electron chi connectivity index (χ1n) is 13.7. The van der Waals surface area contributed by atoms with E-state index in [0.29, 0.717) is 7.25 Å². The molecule has 2 aliphatic carbocycles. The molecular formula is C36H34Zr. The van der Waals surface area contributed by atoms with E-state index in [1.807, 2.05) is 0 Å². The predicted molar refractivity (Wildman–Crippen MR) is 155 cm³/mol. The Morgan fingerprint density at radius 3 is 1.32 bits per heavy atom. The van der Waals surface area contributed by atoms with Gasteiger partial charge in [-0.2, -0.15) is 0 Å². The average molecular weight is 558 g/mol. The van der Waals surface area contributed by atoms with Gasteiger partial charge in [0.1, 0.15) is 0 Å². The minimum absolute atomic E-state index is 0.619. The first kappa shape index (κ1) is 23.4. The van der Waals surface area contributed by atoms with Crippen molar-refractivity contribution in [3.05, 3.63) is 130 Å². The fourth-order valence-corrected chi connectivity index (χ4v) is 20.5. The summed E-state index contributed by atoms with van der Waals surface area (Å²) >= 11 is -2.86. The molecule has 0 radical (unpaired) electrons. The zero-order valence-corrected chi connectivity index (χ0v) is 24.8. The number of hydrogen-bond acceptors (Lipinski definition) is 0. The fourth-order valence-electron chi connectivity index (χ4n) is 8.20. The Hall–Kier alpha value is -2.76. The normalized spacial score (nSPS) is 21.3. The average Bonchev–Trinajstić information content (AvgIpc) is 3.38. The molecule has 0 saturated heterocycles. The first-order chi connectivity index (χ1) is 18.0. The van der Waals surface area contributed by atoms with Gasteiger partial charge >= 0.3 is 227 Å². The van der Waals surface area contributed by atoms with Gasteiger partial charge in [-0.3, -0.25) is 0 Å². The van der Waals surface area contributed by atoms with Crippen LogP contribution >= 0.6 is 0 Å². The molecule has 2 atom stereocenters. The standard InChI is InChI=1S/C34H28.2CH3.Zr/c1-23-21-27-15-9-17-31(25-11-5-3-6-12-25)33(27)29(23)19-20-30-24(2)22-28-16-10-18-32(34(28)30)26-13-7-4-8-14-26;;;/h3-18,21-22H,19-20H2,1-2H3;2*1H3;. The van der Waals surface area contributed by atoms with Crippen LogP contribution in [0.1, 0.15) is 56.2 Å². The van der Waals surface area contributed by atoms with Crippen molar-refractivity contribution in [3.8, 4) is 22.3 Å². The van der Waals surface area contributed by atoms with E-state index in [1.54, 1.807) is 44.5 Å². The summed E-state index contributed by atoms with van der Waals surface area (Å²) in [7, 11) is 0. The Bertz CT molecular complexity index is 1480. The summed E-state index contributed by atoms with van der Waals surface area (Å²) in [5.74, 6) is 0. The van der Waals surface area contributed by atoms with Gasteiger partial charge in [-0.15, -0.1) is 0 Å². The van der Waals surface area contributed by atoms with Gasteiger partial charge in [0.2, 0.25) is 0 Å². The first-order valence-corrected chi connectivity index (χ1v) is 21.5. The van der Waals surface area contributed by atoms with E-state index in [4.69, 9.17) is 0 Å². The van der Waals surface area contributed by atoms with Gasteiger partial charge in [-0.25, -0.2) is 0 Å². The third-order valence-electron chi connectivity index (χ3n) is 9.52. The molecule has 0 spiro atoms. The van der Waals surface area contributed by atoms with Crippen molar-refractivity contribution in [2.75, 3.05) is 0 Å². The maximum absolute atomic E-state index is 2.86. The number of allylic oxidation sites excluding steroid dienone is 4. The van der Waals surface area contributed by atoms with E-state index in [2.05, 4.69) is 120 Å². The van der Waals surface area contributed by atoms with E-state index in [9.17, 15) is 0 Å². The van der Waals surface area contributed by atoms with E-state index in [-0.39, 0.29) is 0 Å². The van der Waals surface area contributed by atoms with Gasteiger partial charge in [0.15, 0.2) is 0 Å². The Morgan fingerprint density at radius 2 is 0.919 bits per heavy atom. The van der Waals surface area contributed by atoms with Crippen molar-refractivity contribution < 1.29 is 20.3 Å². The van der Waals surface area contributed by atoms with Crippen LogP contribution in [0, 0.1) is 0 Å². The van der Waals surface area contributed by atoms with E-state index < -0.39 is 20.3 Å². The van der Waals surface area contributed by atoms with E-state index in [0.717, 1.165) is 12.8 Å². The molecule has 1 aliphatic heterocycles. The summed E-state index contributed by atoms with van der Waals surface area (Å²) in [5, 5.41) is 0. The molecule has 0 N–H and O–H groups in total. The quantitative estimate of drug-likeness (QED) is 0.230. The van der Waals surface area contributed by atoms with Crippen LogP contribution in [-0.4, -0.2) is 0 Å². The van der Waals surface area contributed by atoms with Crippen molar-refractivity contribution in [2.24, 2.45) is 0 Å². The van der Waals surface area contributed by atoms with Crippen LogP contribution in [0.15, 0.2) is 108 Å². The number of rotatable bonds is 2. The number of benzene rings is 4. The molecule has 37 heavy (non-hydrogen) atoms. The van der Waals surface area contributed by atoms with Crippen LogP contribution in [0.4, 0.5) is 0 Å². The molecule has 3 aliphatic rings. The topological polar surface area (TPSA) is 0 Å². The van der Waals surface area contributed by atoms with Crippen LogP contribution in [0.2, 0.25) is 9.26 Å². The molecule has 1 heteroatoms. The molecule has 0 saturated carbocycles. The zero-order valence-electron chi connectivity index (χ0n) is 22.3. The molecule has 7 rings (SSSR count). The monoisotopic (exact) mass is 556 g/mol. The summed E-state index contributed by atoms with van der Waals surface area (Å²) in [6, 6.07) is 36.4. The zero-order chi connectivity index (χ0) is 25.3. The maximum atomic E-state index is 2.74. The predicted octanol–water partition coefficient (Wildman–Crippen LogP) is 10.4. The van der Waals surface area contributed by atoms with Crippen LogP contribution in [0.3, 0.4) is 0 Å². The van der Waals surface area contributed by atoms with Crippen molar-refractivity contribution in [1.82, 2.24) is 0 Å². The van der Waals surface area contributed by atoms with E-state index >= 15 is 0 Å². The summed E-state index contributed by atoms with van der Waals surface area (Å²) in [4.78, 5) is 0. The summed E-state index contributed by atoms with van der Waals surface area (Å²) in [6.45, 7) is 4.96. The molecule has 0 amide bonds. The molecule has 2 unspecified atom stereocenters. The van der Waals surface area contributed by atoms with Crippen LogP contribution < -0.4 is 0 Å². The van der Waals surface area contributed by atoms with Crippen LogP contribution in [-0.2, 0) is 20.3 Å². The van der Waals surface area contributed by atoms with Crippen molar-refractivity contribution in [2.45, 2.75) is 43.2 Å². The van der Waals surface area contributed by atoms with Gasteiger partial charge in [-0.05, 0) is 0 Å². The van der Waals surface area contributed by atoms with Gasteiger partial charge in [0.25, 0.3) is 0 Å². The van der Waals surface area contributed by atoms with Crippen molar-refractivity contribution >= 4 is 11.1 Å². The number of fused-ring (bicyclic) bond motifs is 8. The minimum atomic E-state index is -2.86. The molecule has 4 bridgehead atoms. The Labute approximate surface area is 226 Å². The van der Waals surface area contributed by atoms with Crippen LogP contribution in [0.5, 0.6) is 0 Å². The summed E-state index contributed by atoms with van der Waals surface area (Å²) < 4.78 is 6.72. The third-order valence-corrected chi connectivity index (χ3v) is 20.5.